The molecule has 2 fully saturated rings. The van der Waals surface area contributed by atoms with Crippen molar-refractivity contribution in [2.75, 3.05) is 29.0 Å². The van der Waals surface area contributed by atoms with E-state index in [0.717, 1.165) is 29.4 Å². The molecule has 4 N–H and O–H groups in total. The van der Waals surface area contributed by atoms with E-state index in [0.29, 0.717) is 24.5 Å². The molecule has 2 heterocycles. The summed E-state index contributed by atoms with van der Waals surface area (Å²) in [5, 5.41) is 23.1. The maximum atomic E-state index is 12.1. The van der Waals surface area contributed by atoms with Gasteiger partial charge in [0.2, 0.25) is 5.91 Å². The molecule has 2 aromatic rings. The van der Waals surface area contributed by atoms with Gasteiger partial charge in [0.1, 0.15) is 5.82 Å². The molecule has 3 atom stereocenters. The van der Waals surface area contributed by atoms with Crippen molar-refractivity contribution in [1.29, 1.82) is 5.26 Å². The number of carbonyl (C=O) groups is 1. The van der Waals surface area contributed by atoms with Gasteiger partial charge >= 0.3 is 0 Å². The van der Waals surface area contributed by atoms with E-state index in [9.17, 15) is 9.90 Å². The number of β-amino-alcohol motifs (C(OH)–C–C–N with tert-alkyl or cyclic N) is 1. The largest absolute Gasteiger partial charge is 0.398 e. The van der Waals surface area contributed by atoms with Gasteiger partial charge in [-0.2, -0.15) is 5.26 Å². The lowest BCUT2D eigenvalue weighted by Crippen LogP contribution is -2.21. The second-order valence-corrected chi connectivity index (χ2v) is 6.78. The van der Waals surface area contributed by atoms with Crippen molar-refractivity contribution >= 4 is 33.9 Å². The minimum absolute atomic E-state index is 0.162. The normalized spacial score (nSPS) is 25.0. The molecule has 1 aliphatic heterocycles. The second kappa shape index (κ2) is 5.90. The smallest absolute Gasteiger partial charge is 0.230 e. The standard InChI is InChI=1S/C18H19N5O2/c19-7-11-4-14(11)18(25)22-17-5-10-3-12(23-2-1-13(24)9-23)6-16(20)15(10)8-21-17/h3,5-6,8,11,13-14,24H,1-2,4,9,20H2,(H,21,22,25)/t11-,13+,14+/m0/s1. The number of aromatic nitrogens is 1. The van der Waals surface area contributed by atoms with E-state index in [-0.39, 0.29) is 23.8 Å². The quantitative estimate of drug-likeness (QED) is 0.731. The number of benzene rings is 1. The van der Waals surface area contributed by atoms with E-state index in [1.54, 1.807) is 12.3 Å². The Morgan fingerprint density at radius 3 is 2.96 bits per heavy atom. The maximum absolute atomic E-state index is 12.1. The van der Waals surface area contributed by atoms with Crippen LogP contribution in [0.5, 0.6) is 0 Å². The number of aliphatic hydroxyl groups is 1. The number of fused-ring (bicyclic) bond motifs is 1. The van der Waals surface area contributed by atoms with E-state index >= 15 is 0 Å². The number of nitrogens with zero attached hydrogens (tertiary/aromatic N) is 3. The lowest BCUT2D eigenvalue weighted by Gasteiger charge is -2.19. The van der Waals surface area contributed by atoms with Gasteiger partial charge in [-0.25, -0.2) is 4.98 Å². The Kier molecular flexibility index (Phi) is 3.70. The van der Waals surface area contributed by atoms with E-state index in [1.807, 2.05) is 12.1 Å². The number of nitrogen functional groups attached to an aromatic ring is 1. The Bertz CT molecular complexity index is 891. The van der Waals surface area contributed by atoms with Gasteiger partial charge in [-0.3, -0.25) is 4.79 Å². The third kappa shape index (κ3) is 2.96. The lowest BCUT2D eigenvalue weighted by atomic mass is 10.1. The average molecular weight is 337 g/mol. The first kappa shape index (κ1) is 15.7. The van der Waals surface area contributed by atoms with Crippen LogP contribution in [-0.4, -0.2) is 35.2 Å². The highest BCUT2D eigenvalue weighted by Gasteiger charge is 2.43. The molecule has 1 amide bonds. The molecule has 0 unspecified atom stereocenters. The number of anilines is 3. The predicted molar refractivity (Wildman–Crippen MR) is 94.8 cm³/mol. The molecule has 1 aromatic carbocycles. The van der Waals surface area contributed by atoms with E-state index < -0.39 is 0 Å². The van der Waals surface area contributed by atoms with Crippen LogP contribution in [0.15, 0.2) is 24.4 Å². The zero-order chi connectivity index (χ0) is 17.6. The monoisotopic (exact) mass is 337 g/mol. The van der Waals surface area contributed by atoms with Crippen molar-refractivity contribution < 1.29 is 9.90 Å². The molecular formula is C18H19N5O2. The van der Waals surface area contributed by atoms with Crippen LogP contribution in [0.4, 0.5) is 17.2 Å². The van der Waals surface area contributed by atoms with Crippen molar-refractivity contribution in [2.24, 2.45) is 11.8 Å². The number of nitrogens with one attached hydrogen (secondary N) is 1. The van der Waals surface area contributed by atoms with Crippen molar-refractivity contribution in [3.05, 3.63) is 24.4 Å². The van der Waals surface area contributed by atoms with Gasteiger partial charge in [-0.1, -0.05) is 0 Å². The van der Waals surface area contributed by atoms with Crippen LogP contribution in [0.1, 0.15) is 12.8 Å². The topological polar surface area (TPSA) is 115 Å². The van der Waals surface area contributed by atoms with Crippen molar-refractivity contribution in [2.45, 2.75) is 18.9 Å². The summed E-state index contributed by atoms with van der Waals surface area (Å²) in [4.78, 5) is 18.5. The van der Waals surface area contributed by atoms with Gasteiger partial charge in [0, 0.05) is 36.0 Å². The highest BCUT2D eigenvalue weighted by atomic mass is 16.3. The summed E-state index contributed by atoms with van der Waals surface area (Å²) in [7, 11) is 0. The summed E-state index contributed by atoms with van der Waals surface area (Å²) in [6, 6.07) is 7.79. The van der Waals surface area contributed by atoms with Crippen molar-refractivity contribution in [1.82, 2.24) is 4.98 Å². The number of amides is 1. The summed E-state index contributed by atoms with van der Waals surface area (Å²) < 4.78 is 0. The summed E-state index contributed by atoms with van der Waals surface area (Å²) >= 11 is 0. The molecule has 0 spiro atoms. The van der Waals surface area contributed by atoms with Crippen LogP contribution < -0.4 is 16.0 Å². The minimum atomic E-state index is -0.309. The summed E-state index contributed by atoms with van der Waals surface area (Å²) in [6.45, 7) is 1.38. The Labute approximate surface area is 145 Å². The minimum Gasteiger partial charge on any atom is -0.398 e. The first-order valence-corrected chi connectivity index (χ1v) is 8.38. The predicted octanol–water partition coefficient (Wildman–Crippen LogP) is 1.49. The Morgan fingerprint density at radius 1 is 1.44 bits per heavy atom. The number of rotatable bonds is 3. The van der Waals surface area contributed by atoms with Gasteiger partial charge in [0.25, 0.3) is 0 Å². The molecule has 128 valence electrons. The number of carbonyl (C=O) groups excluding carboxylic acids is 1. The summed E-state index contributed by atoms with van der Waals surface area (Å²) in [5.41, 5.74) is 7.72. The molecule has 7 heteroatoms. The van der Waals surface area contributed by atoms with Gasteiger partial charge < -0.3 is 21.1 Å². The molecule has 1 saturated carbocycles. The fourth-order valence-corrected chi connectivity index (χ4v) is 3.34. The number of nitriles is 1. The van der Waals surface area contributed by atoms with Crippen LogP contribution in [0.2, 0.25) is 0 Å². The molecule has 1 aromatic heterocycles. The molecule has 7 nitrogen and oxygen atoms in total. The zero-order valence-electron chi connectivity index (χ0n) is 13.6. The molecule has 25 heavy (non-hydrogen) atoms. The SMILES string of the molecule is N#C[C@@H]1C[C@H]1C(=O)Nc1cc2cc(N3CC[C@@H](O)C3)cc(N)c2cn1. The first-order chi connectivity index (χ1) is 12.0. The molecule has 1 aliphatic carbocycles. The summed E-state index contributed by atoms with van der Waals surface area (Å²) in [5.74, 6) is -0.112. The van der Waals surface area contributed by atoms with Crippen molar-refractivity contribution in [3.63, 3.8) is 0 Å². The fourth-order valence-electron chi connectivity index (χ4n) is 3.34. The van der Waals surface area contributed by atoms with Gasteiger partial charge in [0.15, 0.2) is 0 Å². The molecule has 0 bridgehead atoms. The molecule has 1 saturated heterocycles. The third-order valence-corrected chi connectivity index (χ3v) is 4.93. The fraction of sp³-hybridized carbons (Fsp3) is 0.389. The highest BCUT2D eigenvalue weighted by Crippen LogP contribution is 2.38. The van der Waals surface area contributed by atoms with E-state index in [1.165, 1.54) is 0 Å². The van der Waals surface area contributed by atoms with Crippen LogP contribution in [0.25, 0.3) is 10.8 Å². The molecule has 4 rings (SSSR count). The third-order valence-electron chi connectivity index (χ3n) is 4.93. The first-order valence-electron chi connectivity index (χ1n) is 8.38. The zero-order valence-corrected chi connectivity index (χ0v) is 13.6. The van der Waals surface area contributed by atoms with Gasteiger partial charge in [-0.15, -0.1) is 0 Å². The number of hydrogen-bond donors (Lipinski definition) is 3. The number of aliphatic hydroxyl groups excluding tert-OH is 1. The Morgan fingerprint density at radius 2 is 2.28 bits per heavy atom. The van der Waals surface area contributed by atoms with Crippen LogP contribution in [0.3, 0.4) is 0 Å². The number of hydrogen-bond acceptors (Lipinski definition) is 6. The van der Waals surface area contributed by atoms with Gasteiger partial charge in [0.05, 0.1) is 24.0 Å². The van der Waals surface area contributed by atoms with E-state index in [4.69, 9.17) is 11.0 Å². The number of nitrogens with two attached hydrogens (primary N) is 1. The van der Waals surface area contributed by atoms with Crippen LogP contribution >= 0.6 is 0 Å². The van der Waals surface area contributed by atoms with Crippen LogP contribution in [-0.2, 0) is 4.79 Å². The molecular weight excluding hydrogens is 318 g/mol. The maximum Gasteiger partial charge on any atom is 0.230 e. The van der Waals surface area contributed by atoms with Crippen LogP contribution in [0, 0.1) is 23.2 Å². The second-order valence-electron chi connectivity index (χ2n) is 6.78. The Hall–Kier alpha value is -2.85. The molecule has 0 radical (unpaired) electrons. The molecule has 2 aliphatic rings. The highest BCUT2D eigenvalue weighted by molar-refractivity contribution is 5.99. The summed E-state index contributed by atoms with van der Waals surface area (Å²) in [6.07, 6.45) is 2.70. The average Bonchev–Trinajstić information content (AvgIpc) is 3.27. The van der Waals surface area contributed by atoms with Crippen molar-refractivity contribution in [3.8, 4) is 6.07 Å². The number of pyridine rings is 1. The van der Waals surface area contributed by atoms with Gasteiger partial charge in [-0.05, 0) is 36.4 Å². The lowest BCUT2D eigenvalue weighted by molar-refractivity contribution is -0.117. The Balaban J connectivity index is 1.60. The van der Waals surface area contributed by atoms with E-state index in [2.05, 4.69) is 21.3 Å².